The van der Waals surface area contributed by atoms with Crippen LogP contribution in [0.25, 0.3) is 22.1 Å². The number of rotatable bonds is 3. The molecule has 3 rings (SSSR count). The van der Waals surface area contributed by atoms with E-state index in [1.807, 2.05) is 36.2 Å². The van der Waals surface area contributed by atoms with E-state index in [9.17, 15) is 0 Å². The average molecular weight is 243 g/mol. The molecule has 5 nitrogen and oxygen atoms in total. The predicted molar refractivity (Wildman–Crippen MR) is 69.7 cm³/mol. The van der Waals surface area contributed by atoms with E-state index in [4.69, 9.17) is 9.52 Å². The van der Waals surface area contributed by atoms with Crippen molar-refractivity contribution in [1.82, 2.24) is 9.97 Å². The maximum absolute atomic E-state index is 8.99. The number of para-hydroxylation sites is 1. The molecule has 0 spiro atoms. The second kappa shape index (κ2) is 4.27. The predicted octanol–water partition coefficient (Wildman–Crippen LogP) is 1.80. The first-order valence-corrected chi connectivity index (χ1v) is 5.75. The summed E-state index contributed by atoms with van der Waals surface area (Å²) in [5.41, 5.74) is 2.27. The van der Waals surface area contributed by atoms with E-state index in [0.29, 0.717) is 17.9 Å². The molecule has 3 aromatic rings. The molecule has 0 radical (unpaired) electrons. The monoisotopic (exact) mass is 243 g/mol. The molecule has 0 fully saturated rings. The fourth-order valence-corrected chi connectivity index (χ4v) is 2.04. The maximum Gasteiger partial charge on any atom is 0.196 e. The molecule has 1 N–H and O–H groups in total. The Bertz CT molecular complexity index is 693. The summed E-state index contributed by atoms with van der Waals surface area (Å²) in [6, 6.07) is 7.77. The van der Waals surface area contributed by atoms with Crippen LogP contribution in [0.4, 0.5) is 5.82 Å². The summed E-state index contributed by atoms with van der Waals surface area (Å²) < 4.78 is 5.80. The van der Waals surface area contributed by atoms with Crippen LogP contribution in [-0.4, -0.2) is 35.3 Å². The van der Waals surface area contributed by atoms with E-state index >= 15 is 0 Å². The van der Waals surface area contributed by atoms with Crippen molar-refractivity contribution in [3.8, 4) is 0 Å². The summed E-state index contributed by atoms with van der Waals surface area (Å²) in [4.78, 5) is 10.4. The van der Waals surface area contributed by atoms with Gasteiger partial charge in [-0.1, -0.05) is 12.1 Å². The minimum absolute atomic E-state index is 0.0717. The highest BCUT2D eigenvalue weighted by Gasteiger charge is 2.15. The normalized spacial score (nSPS) is 11.2. The zero-order valence-electron chi connectivity index (χ0n) is 10.00. The van der Waals surface area contributed by atoms with Crippen LogP contribution in [0.1, 0.15) is 0 Å². The number of fused-ring (bicyclic) bond motifs is 3. The Morgan fingerprint density at radius 3 is 2.94 bits per heavy atom. The van der Waals surface area contributed by atoms with Crippen molar-refractivity contribution in [2.45, 2.75) is 0 Å². The minimum atomic E-state index is 0.0717. The number of likely N-dealkylation sites (N-methyl/N-ethyl adjacent to an activating group) is 1. The third-order valence-electron chi connectivity index (χ3n) is 2.94. The number of benzene rings is 1. The van der Waals surface area contributed by atoms with Gasteiger partial charge in [-0.3, -0.25) is 0 Å². The molecule has 1 aromatic carbocycles. The van der Waals surface area contributed by atoms with E-state index in [-0.39, 0.29) is 6.61 Å². The Hall–Kier alpha value is -2.14. The number of anilines is 1. The Morgan fingerprint density at radius 1 is 1.28 bits per heavy atom. The van der Waals surface area contributed by atoms with Gasteiger partial charge in [0.2, 0.25) is 0 Å². The Balaban J connectivity index is 2.27. The van der Waals surface area contributed by atoms with Gasteiger partial charge >= 0.3 is 0 Å². The smallest absolute Gasteiger partial charge is 0.196 e. The van der Waals surface area contributed by atoms with Gasteiger partial charge in [0.25, 0.3) is 0 Å². The summed E-state index contributed by atoms with van der Waals surface area (Å²) in [6.45, 7) is 0.575. The number of aromatic nitrogens is 2. The second-order valence-electron chi connectivity index (χ2n) is 4.12. The highest BCUT2D eigenvalue weighted by Crippen LogP contribution is 2.31. The summed E-state index contributed by atoms with van der Waals surface area (Å²) in [7, 11) is 1.87. The zero-order chi connectivity index (χ0) is 12.5. The topological polar surface area (TPSA) is 62.4 Å². The minimum Gasteiger partial charge on any atom is -0.450 e. The van der Waals surface area contributed by atoms with Crippen LogP contribution >= 0.6 is 0 Å². The molecule has 0 aliphatic carbocycles. The highest BCUT2D eigenvalue weighted by atomic mass is 16.3. The first-order valence-electron chi connectivity index (χ1n) is 5.75. The first kappa shape index (κ1) is 11.0. The highest BCUT2D eigenvalue weighted by molar-refractivity contribution is 6.05. The standard InChI is InChI=1S/C13H13N3O2/c1-16(6-7-17)13-12-11(14-8-15-13)9-4-2-3-5-10(9)18-12/h2-5,8,17H,6-7H2,1H3. The van der Waals surface area contributed by atoms with Gasteiger partial charge in [0.05, 0.1) is 6.61 Å². The van der Waals surface area contributed by atoms with E-state index in [0.717, 1.165) is 16.5 Å². The van der Waals surface area contributed by atoms with Crippen LogP contribution < -0.4 is 4.90 Å². The number of furan rings is 1. The van der Waals surface area contributed by atoms with Crippen molar-refractivity contribution in [3.63, 3.8) is 0 Å². The molecule has 0 saturated heterocycles. The lowest BCUT2D eigenvalue weighted by atomic mass is 10.2. The molecular weight excluding hydrogens is 230 g/mol. The lowest BCUT2D eigenvalue weighted by molar-refractivity contribution is 0.304. The van der Waals surface area contributed by atoms with Gasteiger partial charge in [0.1, 0.15) is 17.4 Å². The molecule has 0 atom stereocenters. The molecule has 0 amide bonds. The number of hydrogen-bond acceptors (Lipinski definition) is 5. The third-order valence-corrected chi connectivity index (χ3v) is 2.94. The van der Waals surface area contributed by atoms with Crippen LogP contribution in [0, 0.1) is 0 Å². The molecule has 2 heterocycles. The number of aliphatic hydroxyl groups excluding tert-OH is 1. The molecule has 5 heteroatoms. The van der Waals surface area contributed by atoms with Crippen LogP contribution in [-0.2, 0) is 0 Å². The van der Waals surface area contributed by atoms with Crippen LogP contribution in [0.15, 0.2) is 35.0 Å². The quantitative estimate of drug-likeness (QED) is 0.760. The van der Waals surface area contributed by atoms with Gasteiger partial charge in [-0.05, 0) is 12.1 Å². The van der Waals surface area contributed by atoms with Crippen LogP contribution in [0.5, 0.6) is 0 Å². The van der Waals surface area contributed by atoms with Gasteiger partial charge in [-0.15, -0.1) is 0 Å². The van der Waals surface area contributed by atoms with Crippen LogP contribution in [0.3, 0.4) is 0 Å². The third kappa shape index (κ3) is 1.60. The summed E-state index contributed by atoms with van der Waals surface area (Å²) in [5.74, 6) is 0.699. The fraction of sp³-hybridized carbons (Fsp3) is 0.231. The van der Waals surface area contributed by atoms with Gasteiger partial charge in [0.15, 0.2) is 11.4 Å². The lowest BCUT2D eigenvalue weighted by Gasteiger charge is -2.15. The molecule has 0 aliphatic rings. The summed E-state index contributed by atoms with van der Waals surface area (Å²) in [5, 5.41) is 9.97. The van der Waals surface area contributed by atoms with E-state index in [2.05, 4.69) is 9.97 Å². The Morgan fingerprint density at radius 2 is 2.11 bits per heavy atom. The van der Waals surface area contributed by atoms with Crippen molar-refractivity contribution < 1.29 is 9.52 Å². The zero-order valence-corrected chi connectivity index (χ0v) is 10.00. The number of hydrogen-bond donors (Lipinski definition) is 1. The maximum atomic E-state index is 8.99. The second-order valence-corrected chi connectivity index (χ2v) is 4.12. The molecule has 2 aromatic heterocycles. The molecule has 0 bridgehead atoms. The number of nitrogens with zero attached hydrogens (tertiary/aromatic N) is 3. The molecule has 0 unspecified atom stereocenters. The van der Waals surface area contributed by atoms with Crippen molar-refractivity contribution >= 4 is 27.9 Å². The molecule has 18 heavy (non-hydrogen) atoms. The van der Waals surface area contributed by atoms with Crippen molar-refractivity contribution in [2.75, 3.05) is 25.1 Å². The van der Waals surface area contributed by atoms with Gasteiger partial charge < -0.3 is 14.4 Å². The van der Waals surface area contributed by atoms with Gasteiger partial charge in [-0.25, -0.2) is 9.97 Å². The Labute approximate surface area is 104 Å². The SMILES string of the molecule is CN(CCO)c1ncnc2c1oc1ccccc12. The molecule has 92 valence electrons. The first-order chi connectivity index (χ1) is 8.81. The van der Waals surface area contributed by atoms with Crippen molar-refractivity contribution in [3.05, 3.63) is 30.6 Å². The molecule has 0 saturated carbocycles. The van der Waals surface area contributed by atoms with Gasteiger partial charge in [-0.2, -0.15) is 0 Å². The average Bonchev–Trinajstić information content (AvgIpc) is 2.77. The van der Waals surface area contributed by atoms with Crippen molar-refractivity contribution in [1.29, 1.82) is 0 Å². The molecule has 0 aliphatic heterocycles. The fourth-order valence-electron chi connectivity index (χ4n) is 2.04. The van der Waals surface area contributed by atoms with Gasteiger partial charge in [0, 0.05) is 19.0 Å². The van der Waals surface area contributed by atoms with Crippen molar-refractivity contribution in [2.24, 2.45) is 0 Å². The Kier molecular flexibility index (Phi) is 2.60. The number of aliphatic hydroxyl groups is 1. The molecular formula is C13H13N3O2. The van der Waals surface area contributed by atoms with Crippen LogP contribution in [0.2, 0.25) is 0 Å². The van der Waals surface area contributed by atoms with E-state index in [1.165, 1.54) is 6.33 Å². The largest absolute Gasteiger partial charge is 0.450 e. The van der Waals surface area contributed by atoms with E-state index < -0.39 is 0 Å². The summed E-state index contributed by atoms with van der Waals surface area (Å²) in [6.07, 6.45) is 1.52. The summed E-state index contributed by atoms with van der Waals surface area (Å²) >= 11 is 0. The lowest BCUT2D eigenvalue weighted by Crippen LogP contribution is -2.22. The van der Waals surface area contributed by atoms with E-state index in [1.54, 1.807) is 0 Å².